The van der Waals surface area contributed by atoms with Gasteiger partial charge >= 0.3 is 0 Å². The Morgan fingerprint density at radius 3 is 2.71 bits per heavy atom. The van der Waals surface area contributed by atoms with Gasteiger partial charge in [-0.3, -0.25) is 0 Å². The summed E-state index contributed by atoms with van der Waals surface area (Å²) in [6.45, 7) is 7.64. The van der Waals surface area contributed by atoms with Crippen molar-refractivity contribution >= 4 is 5.82 Å². The molecule has 0 aliphatic rings. The quantitative estimate of drug-likeness (QED) is 0.819. The van der Waals surface area contributed by atoms with E-state index in [0.717, 1.165) is 5.82 Å². The highest BCUT2D eigenvalue weighted by molar-refractivity contribution is 5.39. The molecule has 0 radical (unpaired) electrons. The largest absolute Gasteiger partial charge is 0.380 e. The Labute approximate surface area is 103 Å². The normalized spacial score (nSPS) is 12.2. The second-order valence-electron chi connectivity index (χ2n) is 4.20. The Balaban J connectivity index is 2.62. The van der Waals surface area contributed by atoms with E-state index >= 15 is 0 Å². The van der Waals surface area contributed by atoms with E-state index in [9.17, 15) is 0 Å². The Bertz CT molecular complexity index is 367. The Morgan fingerprint density at radius 2 is 2.24 bits per heavy atom. The predicted octanol–water partition coefficient (Wildman–Crippen LogP) is 2.43. The fourth-order valence-electron chi connectivity index (χ4n) is 1.38. The minimum Gasteiger partial charge on any atom is -0.380 e. The second kappa shape index (κ2) is 6.87. The zero-order valence-electron chi connectivity index (χ0n) is 10.6. The fraction of sp³-hybridized carbons (Fsp3) is 0.538. The van der Waals surface area contributed by atoms with E-state index < -0.39 is 0 Å². The first-order valence-corrected chi connectivity index (χ1v) is 5.87. The van der Waals surface area contributed by atoms with E-state index in [-0.39, 0.29) is 6.04 Å². The van der Waals surface area contributed by atoms with Crippen molar-refractivity contribution in [3.05, 3.63) is 23.9 Å². The summed E-state index contributed by atoms with van der Waals surface area (Å²) in [7, 11) is 0. The van der Waals surface area contributed by atoms with Gasteiger partial charge in [0.25, 0.3) is 0 Å². The first-order valence-electron chi connectivity index (χ1n) is 5.87. The van der Waals surface area contributed by atoms with Crippen LogP contribution in [-0.2, 0) is 4.74 Å². The fourth-order valence-corrected chi connectivity index (χ4v) is 1.38. The first-order chi connectivity index (χ1) is 8.17. The number of aromatic nitrogens is 1. The summed E-state index contributed by atoms with van der Waals surface area (Å²) in [4.78, 5) is 4.19. The molecule has 1 atom stereocenters. The van der Waals surface area contributed by atoms with Crippen molar-refractivity contribution in [3.8, 4) is 6.07 Å². The maximum absolute atomic E-state index is 8.68. The monoisotopic (exact) mass is 233 g/mol. The van der Waals surface area contributed by atoms with Gasteiger partial charge in [-0.15, -0.1) is 0 Å². The van der Waals surface area contributed by atoms with Crippen LogP contribution in [0.4, 0.5) is 5.82 Å². The van der Waals surface area contributed by atoms with Crippen LogP contribution in [-0.4, -0.2) is 24.2 Å². The van der Waals surface area contributed by atoms with E-state index in [4.69, 9.17) is 10.00 Å². The molecule has 0 amide bonds. The van der Waals surface area contributed by atoms with Crippen LogP contribution in [0.25, 0.3) is 0 Å². The summed E-state index contributed by atoms with van der Waals surface area (Å²) in [5.41, 5.74) is 0.571. The molecule has 92 valence electrons. The molecule has 0 saturated carbocycles. The van der Waals surface area contributed by atoms with Crippen LogP contribution in [0.2, 0.25) is 0 Å². The molecule has 0 fully saturated rings. The lowest BCUT2D eigenvalue weighted by atomic mass is 10.1. The van der Waals surface area contributed by atoms with E-state index in [2.05, 4.69) is 24.1 Å². The molecule has 1 heterocycles. The minimum atomic E-state index is 0.232. The molecule has 0 aliphatic carbocycles. The van der Waals surface area contributed by atoms with Crippen LogP contribution in [0.15, 0.2) is 18.3 Å². The van der Waals surface area contributed by atoms with Crippen molar-refractivity contribution in [2.24, 2.45) is 5.92 Å². The second-order valence-corrected chi connectivity index (χ2v) is 4.20. The third-order valence-corrected chi connectivity index (χ3v) is 2.53. The van der Waals surface area contributed by atoms with Gasteiger partial charge in [0.1, 0.15) is 11.9 Å². The standard InChI is InChI=1S/C13H19N3O/c1-4-17-9-12(10(2)3)16-13-6-5-11(7-14)8-15-13/h5-6,8,10,12H,4,9H2,1-3H3,(H,15,16). The summed E-state index contributed by atoms with van der Waals surface area (Å²) in [5, 5.41) is 12.0. The number of nitriles is 1. The van der Waals surface area contributed by atoms with Gasteiger partial charge in [-0.25, -0.2) is 4.98 Å². The predicted molar refractivity (Wildman–Crippen MR) is 67.7 cm³/mol. The van der Waals surface area contributed by atoms with Crippen molar-refractivity contribution in [2.45, 2.75) is 26.8 Å². The maximum Gasteiger partial charge on any atom is 0.126 e. The average molecular weight is 233 g/mol. The van der Waals surface area contributed by atoms with Gasteiger partial charge in [-0.05, 0) is 25.0 Å². The molecule has 17 heavy (non-hydrogen) atoms. The van der Waals surface area contributed by atoms with Gasteiger partial charge in [0.2, 0.25) is 0 Å². The summed E-state index contributed by atoms with van der Waals surface area (Å²) < 4.78 is 5.43. The number of anilines is 1. The molecule has 0 aliphatic heterocycles. The van der Waals surface area contributed by atoms with E-state index in [1.54, 1.807) is 12.3 Å². The number of nitrogens with one attached hydrogen (secondary N) is 1. The van der Waals surface area contributed by atoms with Gasteiger partial charge in [-0.2, -0.15) is 5.26 Å². The molecule has 4 heteroatoms. The number of rotatable bonds is 6. The van der Waals surface area contributed by atoms with E-state index in [1.807, 2.05) is 19.1 Å². The highest BCUT2D eigenvalue weighted by Gasteiger charge is 2.13. The summed E-state index contributed by atoms with van der Waals surface area (Å²) >= 11 is 0. The molecule has 0 saturated heterocycles. The average Bonchev–Trinajstić information content (AvgIpc) is 2.35. The number of nitrogens with zero attached hydrogens (tertiary/aromatic N) is 2. The van der Waals surface area contributed by atoms with Crippen molar-refractivity contribution < 1.29 is 4.74 Å². The topological polar surface area (TPSA) is 57.9 Å². The molecule has 1 rings (SSSR count). The van der Waals surface area contributed by atoms with E-state index in [0.29, 0.717) is 24.7 Å². The van der Waals surface area contributed by atoms with Crippen LogP contribution in [0, 0.1) is 17.2 Å². The molecule has 0 spiro atoms. The first kappa shape index (κ1) is 13.5. The van der Waals surface area contributed by atoms with Crippen LogP contribution >= 0.6 is 0 Å². The lowest BCUT2D eigenvalue weighted by Crippen LogP contribution is -2.31. The van der Waals surface area contributed by atoms with Gasteiger partial charge in [0.15, 0.2) is 0 Å². The van der Waals surface area contributed by atoms with Crippen LogP contribution < -0.4 is 5.32 Å². The molecule has 1 N–H and O–H groups in total. The smallest absolute Gasteiger partial charge is 0.126 e. The highest BCUT2D eigenvalue weighted by Crippen LogP contribution is 2.11. The summed E-state index contributed by atoms with van der Waals surface area (Å²) in [6, 6.07) is 5.86. The van der Waals surface area contributed by atoms with Gasteiger partial charge in [-0.1, -0.05) is 13.8 Å². The molecule has 0 aromatic carbocycles. The lowest BCUT2D eigenvalue weighted by molar-refractivity contribution is 0.126. The summed E-state index contributed by atoms with van der Waals surface area (Å²) in [5.74, 6) is 1.24. The Kier molecular flexibility index (Phi) is 5.44. The Morgan fingerprint density at radius 1 is 1.47 bits per heavy atom. The third kappa shape index (κ3) is 4.41. The SMILES string of the molecule is CCOCC(Nc1ccc(C#N)cn1)C(C)C. The maximum atomic E-state index is 8.68. The molecular weight excluding hydrogens is 214 g/mol. The van der Waals surface area contributed by atoms with Gasteiger partial charge < -0.3 is 10.1 Å². The van der Waals surface area contributed by atoms with Gasteiger partial charge in [0, 0.05) is 12.8 Å². The molecule has 1 aromatic rings. The van der Waals surface area contributed by atoms with Crippen molar-refractivity contribution in [2.75, 3.05) is 18.5 Å². The third-order valence-electron chi connectivity index (χ3n) is 2.53. The number of hydrogen-bond acceptors (Lipinski definition) is 4. The zero-order valence-corrected chi connectivity index (χ0v) is 10.6. The van der Waals surface area contributed by atoms with Crippen molar-refractivity contribution in [3.63, 3.8) is 0 Å². The number of hydrogen-bond donors (Lipinski definition) is 1. The molecular formula is C13H19N3O. The number of pyridine rings is 1. The zero-order chi connectivity index (χ0) is 12.7. The highest BCUT2D eigenvalue weighted by atomic mass is 16.5. The molecule has 0 bridgehead atoms. The molecule has 1 unspecified atom stereocenters. The van der Waals surface area contributed by atoms with Crippen LogP contribution in [0.3, 0.4) is 0 Å². The molecule has 1 aromatic heterocycles. The van der Waals surface area contributed by atoms with Crippen LogP contribution in [0.1, 0.15) is 26.3 Å². The van der Waals surface area contributed by atoms with Crippen LogP contribution in [0.5, 0.6) is 0 Å². The summed E-state index contributed by atoms with van der Waals surface area (Å²) in [6.07, 6.45) is 1.57. The van der Waals surface area contributed by atoms with Crippen molar-refractivity contribution in [1.82, 2.24) is 4.98 Å². The van der Waals surface area contributed by atoms with Gasteiger partial charge in [0.05, 0.1) is 18.2 Å². The number of ether oxygens (including phenoxy) is 1. The van der Waals surface area contributed by atoms with E-state index in [1.165, 1.54) is 0 Å². The van der Waals surface area contributed by atoms with Crippen molar-refractivity contribution in [1.29, 1.82) is 5.26 Å². The lowest BCUT2D eigenvalue weighted by Gasteiger charge is -2.22. The molecule has 4 nitrogen and oxygen atoms in total. The minimum absolute atomic E-state index is 0.232. The Hall–Kier alpha value is -1.60.